The minimum Gasteiger partial charge on any atom is -0.360 e. The van der Waals surface area contributed by atoms with Crippen LogP contribution in [0.2, 0.25) is 0 Å². The van der Waals surface area contributed by atoms with Crippen LogP contribution in [0.1, 0.15) is 25.3 Å². The van der Waals surface area contributed by atoms with Crippen LogP contribution in [0.15, 0.2) is 36.0 Å². The highest BCUT2D eigenvalue weighted by atomic mass is 16.1. The van der Waals surface area contributed by atoms with Crippen LogP contribution in [0.4, 0.5) is 5.69 Å². The number of nitriles is 2. The molecule has 5 nitrogen and oxygen atoms in total. The first-order valence-electron chi connectivity index (χ1n) is 6.36. The van der Waals surface area contributed by atoms with E-state index < -0.39 is 0 Å². The van der Waals surface area contributed by atoms with E-state index in [1.807, 2.05) is 19.1 Å². The Hall–Kier alpha value is -2.79. The third-order valence-electron chi connectivity index (χ3n) is 2.58. The van der Waals surface area contributed by atoms with E-state index in [1.165, 1.54) is 6.20 Å². The van der Waals surface area contributed by atoms with Gasteiger partial charge in [0.1, 0.15) is 11.6 Å². The summed E-state index contributed by atoms with van der Waals surface area (Å²) in [5.41, 5.74) is 1.28. The standard InChI is InChI=1S/C15H16N4O/c1-2-3-8-18-15(20)13(10-17)11-19-14-6-4-12(9-16)5-7-14/h4-7,11,19H,2-3,8H2,1H3,(H,18,20)/b13-11-. The molecule has 0 atom stereocenters. The fourth-order valence-corrected chi connectivity index (χ4v) is 1.42. The van der Waals surface area contributed by atoms with Crippen molar-refractivity contribution in [3.05, 3.63) is 41.6 Å². The number of carbonyl (C=O) groups excluding carboxylic acids is 1. The van der Waals surface area contributed by atoms with Crippen LogP contribution in [0, 0.1) is 22.7 Å². The first-order valence-corrected chi connectivity index (χ1v) is 6.36. The summed E-state index contributed by atoms with van der Waals surface area (Å²) in [5, 5.41) is 23.2. The summed E-state index contributed by atoms with van der Waals surface area (Å²) in [4.78, 5) is 11.7. The largest absolute Gasteiger partial charge is 0.360 e. The average Bonchev–Trinajstić information content (AvgIpc) is 2.49. The molecule has 5 heteroatoms. The summed E-state index contributed by atoms with van der Waals surface area (Å²) >= 11 is 0. The van der Waals surface area contributed by atoms with E-state index in [4.69, 9.17) is 10.5 Å². The molecule has 102 valence electrons. The Morgan fingerprint density at radius 3 is 2.55 bits per heavy atom. The molecule has 1 aromatic rings. The van der Waals surface area contributed by atoms with E-state index in [0.29, 0.717) is 17.8 Å². The van der Waals surface area contributed by atoms with Crippen molar-refractivity contribution in [2.24, 2.45) is 0 Å². The minimum absolute atomic E-state index is 0.0189. The highest BCUT2D eigenvalue weighted by Gasteiger charge is 2.07. The molecule has 0 aliphatic carbocycles. The van der Waals surface area contributed by atoms with Crippen molar-refractivity contribution in [2.75, 3.05) is 11.9 Å². The molecular weight excluding hydrogens is 252 g/mol. The smallest absolute Gasteiger partial charge is 0.263 e. The summed E-state index contributed by atoms with van der Waals surface area (Å²) in [6.07, 6.45) is 3.23. The first-order chi connectivity index (χ1) is 9.71. The molecule has 0 aliphatic rings. The summed E-state index contributed by atoms with van der Waals surface area (Å²) in [5.74, 6) is -0.387. The van der Waals surface area contributed by atoms with E-state index in [-0.39, 0.29) is 11.5 Å². The third-order valence-corrected chi connectivity index (χ3v) is 2.58. The predicted molar refractivity (Wildman–Crippen MR) is 76.4 cm³/mol. The van der Waals surface area contributed by atoms with Gasteiger partial charge in [0.15, 0.2) is 0 Å². The quantitative estimate of drug-likeness (QED) is 0.470. The highest BCUT2D eigenvalue weighted by molar-refractivity contribution is 5.97. The molecule has 0 radical (unpaired) electrons. The second-order valence-corrected chi connectivity index (χ2v) is 4.11. The topological polar surface area (TPSA) is 88.7 Å². The lowest BCUT2D eigenvalue weighted by Crippen LogP contribution is -2.25. The normalized spacial score (nSPS) is 10.2. The zero-order chi connectivity index (χ0) is 14.8. The van der Waals surface area contributed by atoms with Gasteiger partial charge in [0.25, 0.3) is 5.91 Å². The van der Waals surface area contributed by atoms with Crippen molar-refractivity contribution in [3.8, 4) is 12.1 Å². The van der Waals surface area contributed by atoms with Gasteiger partial charge in [-0.1, -0.05) is 13.3 Å². The van der Waals surface area contributed by atoms with Crippen LogP contribution in [-0.2, 0) is 4.79 Å². The number of carbonyl (C=O) groups is 1. The molecule has 0 fully saturated rings. The van der Waals surface area contributed by atoms with Crippen molar-refractivity contribution < 1.29 is 4.79 Å². The number of anilines is 1. The lowest BCUT2D eigenvalue weighted by atomic mass is 10.2. The van der Waals surface area contributed by atoms with Crippen molar-refractivity contribution in [3.63, 3.8) is 0 Å². The van der Waals surface area contributed by atoms with E-state index in [9.17, 15) is 4.79 Å². The maximum Gasteiger partial charge on any atom is 0.263 e. The molecule has 0 spiro atoms. The van der Waals surface area contributed by atoms with Crippen LogP contribution < -0.4 is 10.6 Å². The van der Waals surface area contributed by atoms with Gasteiger partial charge >= 0.3 is 0 Å². The Labute approximate surface area is 118 Å². The molecule has 0 saturated carbocycles. The number of nitrogens with zero attached hydrogens (tertiary/aromatic N) is 2. The lowest BCUT2D eigenvalue weighted by Gasteiger charge is -2.04. The van der Waals surface area contributed by atoms with Crippen molar-refractivity contribution in [1.29, 1.82) is 10.5 Å². The Bertz CT molecular complexity index is 561. The zero-order valence-electron chi connectivity index (χ0n) is 11.3. The molecule has 0 aliphatic heterocycles. The number of benzene rings is 1. The summed E-state index contributed by atoms with van der Waals surface area (Å²) in [6, 6.07) is 10.6. The Morgan fingerprint density at radius 1 is 1.30 bits per heavy atom. The maximum absolute atomic E-state index is 11.7. The fourth-order valence-electron chi connectivity index (χ4n) is 1.42. The molecule has 0 heterocycles. The van der Waals surface area contributed by atoms with Gasteiger partial charge in [-0.3, -0.25) is 4.79 Å². The van der Waals surface area contributed by atoms with Gasteiger partial charge in [-0.2, -0.15) is 10.5 Å². The molecule has 0 bridgehead atoms. The molecule has 1 amide bonds. The summed E-state index contributed by atoms with van der Waals surface area (Å²) < 4.78 is 0. The zero-order valence-corrected chi connectivity index (χ0v) is 11.3. The number of rotatable bonds is 6. The van der Waals surface area contributed by atoms with Crippen LogP contribution in [0.25, 0.3) is 0 Å². The molecule has 0 unspecified atom stereocenters. The molecule has 1 rings (SSSR count). The number of nitrogens with one attached hydrogen (secondary N) is 2. The van der Waals surface area contributed by atoms with Crippen molar-refractivity contribution >= 4 is 11.6 Å². The molecular formula is C15H16N4O. The van der Waals surface area contributed by atoms with Crippen molar-refractivity contribution in [2.45, 2.75) is 19.8 Å². The first kappa shape index (κ1) is 15.3. The van der Waals surface area contributed by atoms with Crippen LogP contribution in [0.5, 0.6) is 0 Å². The minimum atomic E-state index is -0.387. The van der Waals surface area contributed by atoms with Crippen LogP contribution in [-0.4, -0.2) is 12.5 Å². The number of unbranched alkanes of at least 4 members (excludes halogenated alkanes) is 1. The van der Waals surface area contributed by atoms with Gasteiger partial charge in [0.05, 0.1) is 11.6 Å². The molecule has 0 saturated heterocycles. The highest BCUT2D eigenvalue weighted by Crippen LogP contribution is 2.09. The number of amides is 1. The van der Waals surface area contributed by atoms with E-state index in [0.717, 1.165) is 12.8 Å². The fraction of sp³-hybridized carbons (Fsp3) is 0.267. The van der Waals surface area contributed by atoms with E-state index in [1.54, 1.807) is 24.3 Å². The second-order valence-electron chi connectivity index (χ2n) is 4.11. The van der Waals surface area contributed by atoms with E-state index in [2.05, 4.69) is 10.6 Å². The Kier molecular flexibility index (Phi) is 6.36. The number of hydrogen-bond acceptors (Lipinski definition) is 4. The monoisotopic (exact) mass is 268 g/mol. The van der Waals surface area contributed by atoms with Crippen LogP contribution >= 0.6 is 0 Å². The average molecular weight is 268 g/mol. The Balaban J connectivity index is 2.63. The summed E-state index contributed by atoms with van der Waals surface area (Å²) in [6.45, 7) is 2.59. The Morgan fingerprint density at radius 2 is 2.00 bits per heavy atom. The molecule has 2 N–H and O–H groups in total. The van der Waals surface area contributed by atoms with Gasteiger partial charge in [-0.05, 0) is 30.7 Å². The molecule has 20 heavy (non-hydrogen) atoms. The predicted octanol–water partition coefficient (Wildman–Crippen LogP) is 2.29. The summed E-state index contributed by atoms with van der Waals surface area (Å²) in [7, 11) is 0. The second kappa shape index (κ2) is 8.34. The van der Waals surface area contributed by atoms with E-state index >= 15 is 0 Å². The molecule has 0 aromatic heterocycles. The third kappa shape index (κ3) is 4.83. The lowest BCUT2D eigenvalue weighted by molar-refractivity contribution is -0.117. The van der Waals surface area contributed by atoms with Crippen LogP contribution in [0.3, 0.4) is 0 Å². The maximum atomic E-state index is 11.7. The SMILES string of the molecule is CCCCNC(=O)/C(C#N)=C\Nc1ccc(C#N)cc1. The number of hydrogen-bond donors (Lipinski definition) is 2. The molecule has 1 aromatic carbocycles. The van der Waals surface area contributed by atoms with Gasteiger partial charge in [0, 0.05) is 18.4 Å². The van der Waals surface area contributed by atoms with Gasteiger partial charge < -0.3 is 10.6 Å². The van der Waals surface area contributed by atoms with Gasteiger partial charge in [-0.25, -0.2) is 0 Å². The van der Waals surface area contributed by atoms with Gasteiger partial charge in [0.2, 0.25) is 0 Å². The van der Waals surface area contributed by atoms with Crippen molar-refractivity contribution in [1.82, 2.24) is 5.32 Å². The van der Waals surface area contributed by atoms with Gasteiger partial charge in [-0.15, -0.1) is 0 Å².